The summed E-state index contributed by atoms with van der Waals surface area (Å²) in [5, 5.41) is 13.9. The Balaban J connectivity index is 0.00000124. The molecule has 0 amide bonds. The highest BCUT2D eigenvalue weighted by Gasteiger charge is 2.13. The molecule has 0 bridgehead atoms. The van der Waals surface area contributed by atoms with Gasteiger partial charge in [0.1, 0.15) is 24.5 Å². The Bertz CT molecular complexity index is 1020. The highest BCUT2D eigenvalue weighted by molar-refractivity contribution is 6.30. The average molecular weight is 459 g/mol. The van der Waals surface area contributed by atoms with Gasteiger partial charge >= 0.3 is 0 Å². The summed E-state index contributed by atoms with van der Waals surface area (Å²) >= 11 is 6.10. The predicted molar refractivity (Wildman–Crippen MR) is 128 cm³/mol. The Morgan fingerprint density at radius 2 is 1.75 bits per heavy atom. The molecule has 0 aromatic carbocycles. The molecule has 0 aliphatic rings. The van der Waals surface area contributed by atoms with Gasteiger partial charge in [-0.25, -0.2) is 9.97 Å². The van der Waals surface area contributed by atoms with Gasteiger partial charge in [0.25, 0.3) is 0 Å². The summed E-state index contributed by atoms with van der Waals surface area (Å²) in [7, 11) is 1.84. The summed E-state index contributed by atoms with van der Waals surface area (Å²) in [6, 6.07) is 3.67. The van der Waals surface area contributed by atoms with Crippen LogP contribution in [0.1, 0.15) is 25.4 Å². The molecule has 0 saturated heterocycles. The zero-order valence-corrected chi connectivity index (χ0v) is 19.4. The molecule has 0 saturated carbocycles. The summed E-state index contributed by atoms with van der Waals surface area (Å²) in [5.41, 5.74) is 8.95. The number of nitrogens with two attached hydrogens (primary N) is 1. The number of anilines is 4. The fourth-order valence-electron chi connectivity index (χ4n) is 2.32. The number of carbonyl (C=O) groups excluding carboxylic acids is 1. The van der Waals surface area contributed by atoms with Crippen molar-refractivity contribution in [3.8, 4) is 23.9 Å². The molecule has 0 aliphatic carbocycles. The van der Waals surface area contributed by atoms with Crippen molar-refractivity contribution in [2.75, 3.05) is 23.4 Å². The SMILES string of the molecule is C#CO.C=O.CC.CNc1cc(Nc2ncc(Cl)cc2-c2nc(C)nc(N)n2)cnc1C. The van der Waals surface area contributed by atoms with Crippen molar-refractivity contribution in [3.63, 3.8) is 0 Å². The summed E-state index contributed by atoms with van der Waals surface area (Å²) in [4.78, 5) is 29.2. The second-order valence-corrected chi connectivity index (χ2v) is 5.91. The molecule has 0 aliphatic heterocycles. The van der Waals surface area contributed by atoms with Crippen molar-refractivity contribution in [2.24, 2.45) is 0 Å². The van der Waals surface area contributed by atoms with Gasteiger partial charge in [0.2, 0.25) is 5.95 Å². The number of hydrogen-bond acceptors (Lipinski definition) is 10. The number of aliphatic hydroxyl groups excluding tert-OH is 1. The maximum Gasteiger partial charge on any atom is 0.223 e. The van der Waals surface area contributed by atoms with Crippen molar-refractivity contribution in [3.05, 3.63) is 41.1 Å². The number of aromatic nitrogens is 5. The highest BCUT2D eigenvalue weighted by atomic mass is 35.5. The molecule has 0 fully saturated rings. The minimum atomic E-state index is 0.142. The molecule has 3 heterocycles. The van der Waals surface area contributed by atoms with E-state index in [0.717, 1.165) is 17.1 Å². The molecule has 0 atom stereocenters. The Kier molecular flexibility index (Phi) is 13.1. The molecular formula is C21H27ClN8O2. The van der Waals surface area contributed by atoms with Crippen LogP contribution < -0.4 is 16.4 Å². The van der Waals surface area contributed by atoms with Crippen LogP contribution >= 0.6 is 11.6 Å². The number of pyridine rings is 2. The van der Waals surface area contributed by atoms with Gasteiger partial charge in [0.15, 0.2) is 5.82 Å². The summed E-state index contributed by atoms with van der Waals surface area (Å²) in [6.07, 6.45) is 8.68. The third-order valence-electron chi connectivity index (χ3n) is 3.48. The van der Waals surface area contributed by atoms with E-state index in [1.165, 1.54) is 6.11 Å². The lowest BCUT2D eigenvalue weighted by Crippen LogP contribution is -2.05. The molecule has 10 nitrogen and oxygen atoms in total. The zero-order valence-electron chi connectivity index (χ0n) is 18.6. The average Bonchev–Trinajstić information content (AvgIpc) is 2.79. The fourth-order valence-corrected chi connectivity index (χ4v) is 2.48. The summed E-state index contributed by atoms with van der Waals surface area (Å²) in [5.74, 6) is 1.60. The Morgan fingerprint density at radius 3 is 2.31 bits per heavy atom. The van der Waals surface area contributed by atoms with Crippen LogP contribution in [0.4, 0.5) is 23.1 Å². The van der Waals surface area contributed by atoms with Crippen LogP contribution in [0.25, 0.3) is 11.4 Å². The molecular weight excluding hydrogens is 432 g/mol. The van der Waals surface area contributed by atoms with Crippen LogP contribution in [0, 0.1) is 26.4 Å². The molecule has 170 valence electrons. The quantitative estimate of drug-likeness (QED) is 0.425. The smallest absolute Gasteiger partial charge is 0.223 e. The number of hydrogen-bond donors (Lipinski definition) is 4. The first kappa shape index (κ1) is 28.0. The van der Waals surface area contributed by atoms with E-state index in [4.69, 9.17) is 27.2 Å². The Hall–Kier alpha value is -3.97. The van der Waals surface area contributed by atoms with Crippen LogP contribution in [0.15, 0.2) is 24.5 Å². The molecule has 3 aromatic rings. The number of aryl methyl sites for hydroxylation is 2. The first-order valence-corrected chi connectivity index (χ1v) is 9.69. The molecule has 0 radical (unpaired) electrons. The van der Waals surface area contributed by atoms with Crippen molar-refractivity contribution >= 4 is 41.5 Å². The number of nitrogens with zero attached hydrogens (tertiary/aromatic N) is 5. The van der Waals surface area contributed by atoms with E-state index in [-0.39, 0.29) is 5.95 Å². The molecule has 11 heteroatoms. The number of aliphatic hydroxyl groups is 1. The lowest BCUT2D eigenvalue weighted by molar-refractivity contribution is -0.0979. The van der Waals surface area contributed by atoms with Crippen LogP contribution in [0.2, 0.25) is 5.02 Å². The lowest BCUT2D eigenvalue weighted by Gasteiger charge is -2.13. The van der Waals surface area contributed by atoms with Crippen LogP contribution in [0.5, 0.6) is 0 Å². The minimum absolute atomic E-state index is 0.142. The largest absolute Gasteiger partial charge is 0.462 e. The monoisotopic (exact) mass is 458 g/mol. The van der Waals surface area contributed by atoms with Gasteiger partial charge in [-0.3, -0.25) is 4.98 Å². The van der Waals surface area contributed by atoms with Crippen LogP contribution in [0.3, 0.4) is 0 Å². The van der Waals surface area contributed by atoms with Gasteiger partial charge in [-0.05, 0) is 26.0 Å². The van der Waals surface area contributed by atoms with E-state index in [0.29, 0.717) is 28.1 Å². The molecule has 3 rings (SSSR count). The van der Waals surface area contributed by atoms with Gasteiger partial charge in [-0.15, -0.1) is 0 Å². The molecule has 32 heavy (non-hydrogen) atoms. The standard InChI is InChI=1S/C16H17ClN8.C2H2O.C2H6.CH2O/c1-8-13(19-3)5-11(7-20-8)24-14-12(4-10(17)6-21-14)15-22-9(2)23-16(18)25-15;1-2-3;2*1-2/h4-7,19H,1-3H3,(H,21,24)(H2,18,22,23,25);1,3H;1-2H3;1H2. The van der Waals surface area contributed by atoms with Crippen molar-refractivity contribution in [1.29, 1.82) is 0 Å². The first-order valence-electron chi connectivity index (χ1n) is 9.32. The number of halogens is 1. The minimum Gasteiger partial charge on any atom is -0.462 e. The van der Waals surface area contributed by atoms with E-state index in [9.17, 15) is 0 Å². The Morgan fingerprint density at radius 1 is 1.12 bits per heavy atom. The molecule has 0 spiro atoms. The summed E-state index contributed by atoms with van der Waals surface area (Å²) < 4.78 is 0. The maximum atomic E-state index is 8.00. The third kappa shape index (κ3) is 8.41. The second-order valence-electron chi connectivity index (χ2n) is 5.48. The zero-order chi connectivity index (χ0) is 24.7. The van der Waals surface area contributed by atoms with Crippen LogP contribution in [-0.4, -0.2) is 43.9 Å². The molecule has 5 N–H and O–H groups in total. The van der Waals surface area contributed by atoms with E-state index >= 15 is 0 Å². The van der Waals surface area contributed by atoms with Gasteiger partial charge in [-0.1, -0.05) is 31.9 Å². The van der Waals surface area contributed by atoms with Crippen molar-refractivity contribution in [2.45, 2.75) is 27.7 Å². The summed E-state index contributed by atoms with van der Waals surface area (Å²) in [6.45, 7) is 9.67. The number of rotatable bonds is 4. The van der Waals surface area contributed by atoms with Gasteiger partial charge in [-0.2, -0.15) is 9.97 Å². The lowest BCUT2D eigenvalue weighted by atomic mass is 10.2. The van der Waals surface area contributed by atoms with E-state index < -0.39 is 0 Å². The van der Waals surface area contributed by atoms with E-state index in [2.05, 4.69) is 42.0 Å². The van der Waals surface area contributed by atoms with Gasteiger partial charge in [0.05, 0.1) is 33.9 Å². The fraction of sp³-hybridized carbons (Fsp3) is 0.238. The van der Waals surface area contributed by atoms with E-state index in [1.54, 1.807) is 25.4 Å². The molecule has 3 aromatic heterocycles. The molecule has 0 unspecified atom stereocenters. The first-order chi connectivity index (χ1) is 15.4. The van der Waals surface area contributed by atoms with Gasteiger partial charge in [0, 0.05) is 13.2 Å². The number of nitrogens with one attached hydrogen (secondary N) is 2. The number of carbonyl (C=O) groups is 1. The van der Waals surface area contributed by atoms with Gasteiger partial charge < -0.3 is 26.3 Å². The van der Waals surface area contributed by atoms with Crippen molar-refractivity contribution in [1.82, 2.24) is 24.9 Å². The number of terminal acetylenes is 1. The third-order valence-corrected chi connectivity index (χ3v) is 3.69. The van der Waals surface area contributed by atoms with Crippen LogP contribution in [-0.2, 0) is 4.79 Å². The normalized spacial score (nSPS) is 8.78. The highest BCUT2D eigenvalue weighted by Crippen LogP contribution is 2.29. The van der Waals surface area contributed by atoms with Crippen molar-refractivity contribution < 1.29 is 9.90 Å². The predicted octanol–water partition coefficient (Wildman–Crippen LogP) is 3.76. The van der Waals surface area contributed by atoms with E-state index in [1.807, 2.05) is 40.7 Å². The maximum absolute atomic E-state index is 8.00. The number of nitrogen functional groups attached to an aromatic ring is 1. The topological polar surface area (TPSA) is 152 Å². The second kappa shape index (κ2) is 14.9. The Labute approximate surface area is 192 Å².